The minimum Gasteiger partial charge on any atom is -0.494 e. The van der Waals surface area contributed by atoms with Crippen LogP contribution in [0, 0.1) is 5.82 Å². The van der Waals surface area contributed by atoms with Gasteiger partial charge in [0.1, 0.15) is 11.6 Å². The molecule has 0 saturated carbocycles. The van der Waals surface area contributed by atoms with E-state index < -0.39 is 0 Å². The molecule has 1 saturated heterocycles. The summed E-state index contributed by atoms with van der Waals surface area (Å²) in [6, 6.07) is 13.6. The first kappa shape index (κ1) is 18.2. The number of aromatic nitrogens is 2. The topological polar surface area (TPSA) is 68.5 Å². The highest BCUT2D eigenvalue weighted by Gasteiger charge is 2.33. The fourth-order valence-corrected chi connectivity index (χ4v) is 3.33. The fourth-order valence-electron chi connectivity index (χ4n) is 3.33. The zero-order valence-corrected chi connectivity index (χ0v) is 15.5. The van der Waals surface area contributed by atoms with Crippen molar-refractivity contribution in [3.63, 3.8) is 0 Å². The molecule has 7 heteroatoms. The average Bonchev–Trinajstić information content (AvgIpc) is 3.31. The molecule has 1 aliphatic rings. The Labute approximate surface area is 161 Å². The first-order valence-corrected chi connectivity index (χ1v) is 9.21. The molecule has 0 N–H and O–H groups in total. The number of carbonyl (C=O) groups is 1. The molecule has 1 atom stereocenters. The van der Waals surface area contributed by atoms with Crippen LogP contribution in [0.3, 0.4) is 0 Å². The molecule has 0 aliphatic carbocycles. The number of benzene rings is 2. The maximum Gasteiger partial charge on any atom is 0.257 e. The number of hydrogen-bond acceptors (Lipinski definition) is 5. The monoisotopic (exact) mass is 381 g/mol. The summed E-state index contributed by atoms with van der Waals surface area (Å²) in [4.78, 5) is 18.7. The number of hydrogen-bond donors (Lipinski definition) is 0. The summed E-state index contributed by atoms with van der Waals surface area (Å²) in [5.74, 6) is 1.23. The quantitative estimate of drug-likeness (QED) is 0.650. The normalized spacial score (nSPS) is 16.6. The summed E-state index contributed by atoms with van der Waals surface area (Å²) in [7, 11) is 0. The van der Waals surface area contributed by atoms with Gasteiger partial charge in [0.15, 0.2) is 5.82 Å². The van der Waals surface area contributed by atoms with Crippen molar-refractivity contribution in [3.8, 4) is 17.2 Å². The summed E-state index contributed by atoms with van der Waals surface area (Å²) in [5, 5.41) is 4.03. The van der Waals surface area contributed by atoms with E-state index in [9.17, 15) is 9.18 Å². The van der Waals surface area contributed by atoms with Crippen molar-refractivity contribution < 1.29 is 18.4 Å². The highest BCUT2D eigenvalue weighted by Crippen LogP contribution is 2.29. The van der Waals surface area contributed by atoms with E-state index in [2.05, 4.69) is 10.1 Å². The summed E-state index contributed by atoms with van der Waals surface area (Å²) in [6.07, 6.45) is 0.341. The molecule has 2 heterocycles. The highest BCUT2D eigenvalue weighted by atomic mass is 19.1. The maximum absolute atomic E-state index is 13.1. The van der Waals surface area contributed by atoms with E-state index in [1.165, 1.54) is 12.1 Å². The van der Waals surface area contributed by atoms with Gasteiger partial charge < -0.3 is 14.2 Å². The van der Waals surface area contributed by atoms with Crippen LogP contribution in [0.4, 0.5) is 4.39 Å². The van der Waals surface area contributed by atoms with Gasteiger partial charge in [-0.2, -0.15) is 4.98 Å². The largest absolute Gasteiger partial charge is 0.494 e. The van der Waals surface area contributed by atoms with Crippen molar-refractivity contribution in [2.45, 2.75) is 25.8 Å². The third-order valence-electron chi connectivity index (χ3n) is 4.70. The van der Waals surface area contributed by atoms with Gasteiger partial charge in [-0.1, -0.05) is 17.3 Å². The molecular formula is C21H20FN3O3. The number of carbonyl (C=O) groups excluding carboxylic acids is 1. The Hall–Kier alpha value is -3.22. The van der Waals surface area contributed by atoms with E-state index in [4.69, 9.17) is 9.26 Å². The van der Waals surface area contributed by atoms with Crippen LogP contribution in [0.15, 0.2) is 53.1 Å². The summed E-state index contributed by atoms with van der Waals surface area (Å²) in [6.45, 7) is 3.58. The van der Waals surface area contributed by atoms with E-state index in [1.54, 1.807) is 17.0 Å². The van der Waals surface area contributed by atoms with Gasteiger partial charge in [-0.3, -0.25) is 4.79 Å². The van der Waals surface area contributed by atoms with E-state index in [-0.39, 0.29) is 17.6 Å². The van der Waals surface area contributed by atoms with Crippen molar-refractivity contribution in [3.05, 3.63) is 65.7 Å². The van der Waals surface area contributed by atoms with Crippen LogP contribution in [0.5, 0.6) is 5.75 Å². The zero-order valence-electron chi connectivity index (χ0n) is 15.5. The number of amides is 1. The molecule has 3 aromatic rings. The minimum absolute atomic E-state index is 0.0555. The zero-order chi connectivity index (χ0) is 19.5. The predicted molar refractivity (Wildman–Crippen MR) is 100 cm³/mol. The van der Waals surface area contributed by atoms with Gasteiger partial charge in [0.25, 0.3) is 5.89 Å². The maximum atomic E-state index is 13.1. The van der Waals surface area contributed by atoms with E-state index in [0.717, 1.165) is 11.3 Å². The molecule has 4 rings (SSSR count). The summed E-state index contributed by atoms with van der Waals surface area (Å²) < 4.78 is 23.9. The van der Waals surface area contributed by atoms with E-state index in [0.29, 0.717) is 43.4 Å². The first-order valence-electron chi connectivity index (χ1n) is 9.21. The molecule has 2 aromatic carbocycles. The fraction of sp³-hybridized carbons (Fsp3) is 0.286. The van der Waals surface area contributed by atoms with Gasteiger partial charge in [0.05, 0.1) is 6.61 Å². The molecule has 0 bridgehead atoms. The molecule has 0 radical (unpaired) electrons. The number of halogens is 1. The molecule has 28 heavy (non-hydrogen) atoms. The molecule has 1 amide bonds. The summed E-state index contributed by atoms with van der Waals surface area (Å²) >= 11 is 0. The lowest BCUT2D eigenvalue weighted by atomic mass is 10.1. The standard InChI is InChI=1S/C21H20FN3O3/c1-2-27-18-5-3-4-14(10-18)12-25-13-16(11-19(25)26)20-23-21(28-24-20)15-6-8-17(22)9-7-15/h3-10,16H,2,11-13H2,1H3. The van der Waals surface area contributed by atoms with Crippen LogP contribution < -0.4 is 4.74 Å². The van der Waals surface area contributed by atoms with Crippen molar-refractivity contribution >= 4 is 5.91 Å². The van der Waals surface area contributed by atoms with Crippen LogP contribution in [0.2, 0.25) is 0 Å². The Balaban J connectivity index is 1.45. The molecule has 1 aromatic heterocycles. The molecule has 1 aliphatic heterocycles. The lowest BCUT2D eigenvalue weighted by molar-refractivity contribution is -0.128. The SMILES string of the molecule is CCOc1cccc(CN2CC(c3noc(-c4ccc(F)cc4)n3)CC2=O)c1. The minimum atomic E-state index is -0.325. The number of rotatable bonds is 6. The highest BCUT2D eigenvalue weighted by molar-refractivity contribution is 5.79. The Morgan fingerprint density at radius 2 is 2.07 bits per heavy atom. The Morgan fingerprint density at radius 1 is 1.25 bits per heavy atom. The molecular weight excluding hydrogens is 361 g/mol. The average molecular weight is 381 g/mol. The van der Waals surface area contributed by atoms with Crippen LogP contribution in [-0.2, 0) is 11.3 Å². The lowest BCUT2D eigenvalue weighted by Gasteiger charge is -2.16. The van der Waals surface area contributed by atoms with Gasteiger partial charge in [0.2, 0.25) is 5.91 Å². The second-order valence-corrected chi connectivity index (χ2v) is 6.72. The molecule has 144 valence electrons. The van der Waals surface area contributed by atoms with Crippen LogP contribution >= 0.6 is 0 Å². The smallest absolute Gasteiger partial charge is 0.257 e. The van der Waals surface area contributed by atoms with Gasteiger partial charge in [-0.15, -0.1) is 0 Å². The van der Waals surface area contributed by atoms with Crippen LogP contribution in [-0.4, -0.2) is 34.1 Å². The molecule has 1 fully saturated rings. The third-order valence-corrected chi connectivity index (χ3v) is 4.70. The van der Waals surface area contributed by atoms with Gasteiger partial charge in [0, 0.05) is 31.0 Å². The van der Waals surface area contributed by atoms with Crippen molar-refractivity contribution in [2.24, 2.45) is 0 Å². The number of likely N-dealkylation sites (tertiary alicyclic amines) is 1. The number of ether oxygens (including phenoxy) is 1. The molecule has 1 unspecified atom stereocenters. The van der Waals surface area contributed by atoms with E-state index in [1.807, 2.05) is 31.2 Å². The molecule has 0 spiro atoms. The van der Waals surface area contributed by atoms with Crippen molar-refractivity contribution in [1.82, 2.24) is 15.0 Å². The van der Waals surface area contributed by atoms with Crippen LogP contribution in [0.25, 0.3) is 11.5 Å². The number of nitrogens with zero attached hydrogens (tertiary/aromatic N) is 3. The second kappa shape index (κ2) is 7.80. The Kier molecular flexibility index (Phi) is 5.06. The Bertz CT molecular complexity index is 971. The lowest BCUT2D eigenvalue weighted by Crippen LogP contribution is -2.24. The van der Waals surface area contributed by atoms with Gasteiger partial charge in [-0.25, -0.2) is 4.39 Å². The van der Waals surface area contributed by atoms with Gasteiger partial charge in [-0.05, 0) is 48.9 Å². The molecule has 6 nitrogen and oxygen atoms in total. The third kappa shape index (κ3) is 3.88. The first-order chi connectivity index (χ1) is 13.6. The van der Waals surface area contributed by atoms with Crippen molar-refractivity contribution in [2.75, 3.05) is 13.2 Å². The second-order valence-electron chi connectivity index (χ2n) is 6.72. The Morgan fingerprint density at radius 3 is 2.86 bits per heavy atom. The predicted octanol–water partition coefficient (Wildman–Crippen LogP) is 3.79. The summed E-state index contributed by atoms with van der Waals surface area (Å²) in [5.41, 5.74) is 1.66. The van der Waals surface area contributed by atoms with Gasteiger partial charge >= 0.3 is 0 Å². The van der Waals surface area contributed by atoms with E-state index >= 15 is 0 Å². The van der Waals surface area contributed by atoms with Crippen molar-refractivity contribution in [1.29, 1.82) is 0 Å². The van der Waals surface area contributed by atoms with Crippen LogP contribution in [0.1, 0.15) is 30.7 Å².